The summed E-state index contributed by atoms with van der Waals surface area (Å²) in [6.07, 6.45) is 0. The predicted octanol–water partition coefficient (Wildman–Crippen LogP) is 2.05. The molecular formula is C12H16F2N2O2. The molecule has 0 saturated carbocycles. The fourth-order valence-electron chi connectivity index (χ4n) is 1.23. The SMILES string of the molecule is CC(C)NC(=O)NCCOc1ccc(F)cc1F. The minimum atomic E-state index is -0.762. The molecule has 0 bridgehead atoms. The summed E-state index contributed by atoms with van der Waals surface area (Å²) >= 11 is 0. The van der Waals surface area contributed by atoms with Crippen molar-refractivity contribution in [2.45, 2.75) is 19.9 Å². The highest BCUT2D eigenvalue weighted by atomic mass is 19.1. The zero-order valence-electron chi connectivity index (χ0n) is 10.3. The Morgan fingerprint density at radius 3 is 2.72 bits per heavy atom. The van der Waals surface area contributed by atoms with Gasteiger partial charge in [-0.05, 0) is 26.0 Å². The number of urea groups is 1. The fraction of sp³-hybridized carbons (Fsp3) is 0.417. The zero-order valence-corrected chi connectivity index (χ0v) is 10.3. The molecule has 0 aliphatic rings. The largest absolute Gasteiger partial charge is 0.489 e. The summed E-state index contributed by atoms with van der Waals surface area (Å²) in [5.41, 5.74) is 0. The summed E-state index contributed by atoms with van der Waals surface area (Å²) in [4.78, 5) is 11.2. The zero-order chi connectivity index (χ0) is 13.5. The summed E-state index contributed by atoms with van der Waals surface area (Å²) in [6, 6.07) is 2.79. The topological polar surface area (TPSA) is 50.4 Å². The van der Waals surface area contributed by atoms with Gasteiger partial charge in [-0.1, -0.05) is 0 Å². The van der Waals surface area contributed by atoms with Crippen LogP contribution in [0, 0.1) is 11.6 Å². The highest BCUT2D eigenvalue weighted by Crippen LogP contribution is 2.17. The molecule has 0 aliphatic heterocycles. The highest BCUT2D eigenvalue weighted by Gasteiger charge is 2.05. The van der Waals surface area contributed by atoms with Crippen molar-refractivity contribution in [2.75, 3.05) is 13.2 Å². The Morgan fingerprint density at radius 2 is 2.11 bits per heavy atom. The van der Waals surface area contributed by atoms with E-state index in [9.17, 15) is 13.6 Å². The van der Waals surface area contributed by atoms with Gasteiger partial charge in [0.25, 0.3) is 0 Å². The number of nitrogens with one attached hydrogen (secondary N) is 2. The van der Waals surface area contributed by atoms with Crippen LogP contribution in [-0.4, -0.2) is 25.2 Å². The first kappa shape index (κ1) is 14.2. The predicted molar refractivity (Wildman–Crippen MR) is 63.5 cm³/mol. The molecule has 1 aromatic carbocycles. The molecule has 2 N–H and O–H groups in total. The number of amides is 2. The van der Waals surface area contributed by atoms with Crippen molar-refractivity contribution in [1.29, 1.82) is 0 Å². The quantitative estimate of drug-likeness (QED) is 0.794. The first-order valence-corrected chi connectivity index (χ1v) is 5.61. The number of ether oxygens (including phenoxy) is 1. The second kappa shape index (κ2) is 6.78. The average Bonchev–Trinajstić information content (AvgIpc) is 2.25. The minimum Gasteiger partial charge on any atom is -0.489 e. The van der Waals surface area contributed by atoms with Gasteiger partial charge in [0.05, 0.1) is 6.54 Å². The Bertz CT molecular complexity index is 411. The van der Waals surface area contributed by atoms with E-state index < -0.39 is 11.6 Å². The number of benzene rings is 1. The van der Waals surface area contributed by atoms with Gasteiger partial charge >= 0.3 is 6.03 Å². The number of rotatable bonds is 5. The van der Waals surface area contributed by atoms with Crippen LogP contribution in [0.2, 0.25) is 0 Å². The van der Waals surface area contributed by atoms with Crippen molar-refractivity contribution in [3.63, 3.8) is 0 Å². The van der Waals surface area contributed by atoms with E-state index in [0.717, 1.165) is 12.1 Å². The summed E-state index contributed by atoms with van der Waals surface area (Å²) in [5.74, 6) is -1.46. The van der Waals surface area contributed by atoms with Crippen molar-refractivity contribution in [1.82, 2.24) is 10.6 Å². The van der Waals surface area contributed by atoms with E-state index >= 15 is 0 Å². The van der Waals surface area contributed by atoms with Gasteiger partial charge in [-0.25, -0.2) is 13.6 Å². The van der Waals surface area contributed by atoms with Crippen molar-refractivity contribution in [2.24, 2.45) is 0 Å². The number of hydrogen-bond acceptors (Lipinski definition) is 2. The van der Waals surface area contributed by atoms with Gasteiger partial charge in [0.1, 0.15) is 12.4 Å². The Morgan fingerprint density at radius 1 is 1.39 bits per heavy atom. The van der Waals surface area contributed by atoms with Crippen molar-refractivity contribution in [3.05, 3.63) is 29.8 Å². The standard InChI is InChI=1S/C12H16F2N2O2/c1-8(2)16-12(17)15-5-6-18-11-4-3-9(13)7-10(11)14/h3-4,7-8H,5-6H2,1-2H3,(H2,15,16,17). The molecule has 0 heterocycles. The van der Waals surface area contributed by atoms with E-state index in [4.69, 9.17) is 4.74 Å². The molecule has 4 nitrogen and oxygen atoms in total. The van der Waals surface area contributed by atoms with Gasteiger partial charge in [-0.2, -0.15) is 0 Å². The molecule has 0 atom stereocenters. The number of halogens is 2. The lowest BCUT2D eigenvalue weighted by Crippen LogP contribution is -2.41. The lowest BCUT2D eigenvalue weighted by molar-refractivity contribution is 0.233. The van der Waals surface area contributed by atoms with Crippen LogP contribution in [0.4, 0.5) is 13.6 Å². The van der Waals surface area contributed by atoms with Crippen molar-refractivity contribution >= 4 is 6.03 Å². The van der Waals surface area contributed by atoms with Crippen LogP contribution < -0.4 is 15.4 Å². The van der Waals surface area contributed by atoms with E-state index in [1.165, 1.54) is 6.07 Å². The van der Waals surface area contributed by atoms with Crippen LogP contribution in [-0.2, 0) is 0 Å². The minimum absolute atomic E-state index is 0.0394. The maximum Gasteiger partial charge on any atom is 0.315 e. The first-order valence-electron chi connectivity index (χ1n) is 5.61. The maximum absolute atomic E-state index is 13.1. The third kappa shape index (κ3) is 4.99. The van der Waals surface area contributed by atoms with Gasteiger partial charge in [0.2, 0.25) is 0 Å². The molecule has 0 spiro atoms. The van der Waals surface area contributed by atoms with Gasteiger partial charge in [-0.3, -0.25) is 0 Å². The Kier molecular flexibility index (Phi) is 5.35. The van der Waals surface area contributed by atoms with E-state index in [1.807, 2.05) is 13.8 Å². The van der Waals surface area contributed by atoms with Crippen LogP contribution in [0.25, 0.3) is 0 Å². The number of carbonyl (C=O) groups is 1. The molecule has 0 aliphatic carbocycles. The summed E-state index contributed by atoms with van der Waals surface area (Å²) in [5, 5.41) is 5.17. The average molecular weight is 258 g/mol. The smallest absolute Gasteiger partial charge is 0.315 e. The summed E-state index contributed by atoms with van der Waals surface area (Å²) in [7, 11) is 0. The van der Waals surface area contributed by atoms with Crippen LogP contribution in [0.5, 0.6) is 5.75 Å². The molecule has 0 aromatic heterocycles. The first-order chi connectivity index (χ1) is 8.49. The third-order valence-corrected chi connectivity index (χ3v) is 1.96. The van der Waals surface area contributed by atoms with Crippen LogP contribution >= 0.6 is 0 Å². The Hall–Kier alpha value is -1.85. The molecular weight excluding hydrogens is 242 g/mol. The van der Waals surface area contributed by atoms with Crippen LogP contribution in [0.15, 0.2) is 18.2 Å². The molecule has 0 fully saturated rings. The van der Waals surface area contributed by atoms with Crippen molar-refractivity contribution in [3.8, 4) is 5.75 Å². The maximum atomic E-state index is 13.1. The Balaban J connectivity index is 2.27. The van der Waals surface area contributed by atoms with Crippen LogP contribution in [0.3, 0.4) is 0 Å². The van der Waals surface area contributed by atoms with E-state index in [-0.39, 0.29) is 31.0 Å². The molecule has 1 rings (SSSR count). The number of hydrogen-bond donors (Lipinski definition) is 2. The normalized spacial score (nSPS) is 10.3. The number of carbonyl (C=O) groups excluding carboxylic acids is 1. The van der Waals surface area contributed by atoms with E-state index in [2.05, 4.69) is 10.6 Å². The van der Waals surface area contributed by atoms with Gasteiger partial charge < -0.3 is 15.4 Å². The van der Waals surface area contributed by atoms with Gasteiger partial charge in [0.15, 0.2) is 11.6 Å². The summed E-state index contributed by atoms with van der Waals surface area (Å²) in [6.45, 7) is 4.01. The molecule has 100 valence electrons. The molecule has 18 heavy (non-hydrogen) atoms. The molecule has 0 radical (unpaired) electrons. The lowest BCUT2D eigenvalue weighted by Gasteiger charge is -2.11. The van der Waals surface area contributed by atoms with E-state index in [0.29, 0.717) is 0 Å². The molecule has 1 aromatic rings. The Labute approximate surface area is 104 Å². The highest BCUT2D eigenvalue weighted by molar-refractivity contribution is 5.74. The molecule has 0 unspecified atom stereocenters. The molecule has 2 amide bonds. The lowest BCUT2D eigenvalue weighted by atomic mass is 10.3. The molecule has 0 saturated heterocycles. The van der Waals surface area contributed by atoms with Crippen molar-refractivity contribution < 1.29 is 18.3 Å². The fourth-order valence-corrected chi connectivity index (χ4v) is 1.23. The van der Waals surface area contributed by atoms with Gasteiger partial charge in [-0.15, -0.1) is 0 Å². The second-order valence-corrected chi connectivity index (χ2v) is 3.98. The second-order valence-electron chi connectivity index (χ2n) is 3.98. The molecule has 6 heteroatoms. The summed E-state index contributed by atoms with van der Waals surface area (Å²) < 4.78 is 30.8. The van der Waals surface area contributed by atoms with Gasteiger partial charge in [0, 0.05) is 12.1 Å². The third-order valence-electron chi connectivity index (χ3n) is 1.96. The van der Waals surface area contributed by atoms with Crippen LogP contribution in [0.1, 0.15) is 13.8 Å². The monoisotopic (exact) mass is 258 g/mol. The van der Waals surface area contributed by atoms with E-state index in [1.54, 1.807) is 0 Å².